The molecule has 184 valence electrons. The summed E-state index contributed by atoms with van der Waals surface area (Å²) in [6, 6.07) is 0. The summed E-state index contributed by atoms with van der Waals surface area (Å²) in [5.41, 5.74) is 0. The molecule has 0 bridgehead atoms. The van der Waals surface area contributed by atoms with Crippen LogP contribution in [-0.2, 0) is 23.7 Å². The lowest BCUT2D eigenvalue weighted by Crippen LogP contribution is -2.48. The molecule has 0 saturated carbocycles. The van der Waals surface area contributed by atoms with Crippen LogP contribution >= 0.6 is 7.37 Å². The first-order chi connectivity index (χ1) is 14.9. The third-order valence-corrected chi connectivity index (χ3v) is 6.42. The second-order valence-electron chi connectivity index (χ2n) is 7.67. The number of carboxylic acid groups (broad SMARTS) is 4. The van der Waals surface area contributed by atoms with Crippen molar-refractivity contribution in [1.82, 2.24) is 19.6 Å². The van der Waals surface area contributed by atoms with E-state index in [-0.39, 0.29) is 72.0 Å². The first-order valence-corrected chi connectivity index (χ1v) is 12.0. The fraction of sp³-hybridized carbons (Fsp3) is 0.765. The van der Waals surface area contributed by atoms with Gasteiger partial charge in [0.1, 0.15) is 6.16 Å². The highest BCUT2D eigenvalue weighted by Gasteiger charge is 2.27. The van der Waals surface area contributed by atoms with Gasteiger partial charge < -0.3 is 25.3 Å². The van der Waals surface area contributed by atoms with Crippen molar-refractivity contribution in [3.05, 3.63) is 0 Å². The maximum absolute atomic E-state index is 12.3. The first kappa shape index (κ1) is 27.9. The standard InChI is InChI=1S/C17H31N4O10P/c22-14(23)9-18-1-3-19(10-15(24)25)5-7-21(13-32(30,31)12-17(28)29)8-6-20(4-2-18)11-16(26)27/h1-13H2,(H,22,23)(H,24,25)(H,26,27)(H,28,29)(H,30,31). The predicted molar refractivity (Wildman–Crippen MR) is 111 cm³/mol. The average molecular weight is 482 g/mol. The zero-order valence-corrected chi connectivity index (χ0v) is 18.6. The molecule has 0 aromatic heterocycles. The van der Waals surface area contributed by atoms with E-state index in [0.29, 0.717) is 0 Å². The van der Waals surface area contributed by atoms with Gasteiger partial charge in [0.15, 0.2) is 0 Å². The zero-order chi connectivity index (χ0) is 24.3. The molecule has 15 heteroatoms. The van der Waals surface area contributed by atoms with Crippen LogP contribution in [0.1, 0.15) is 0 Å². The summed E-state index contributed by atoms with van der Waals surface area (Å²) < 4.78 is 12.3. The van der Waals surface area contributed by atoms with E-state index in [2.05, 4.69) is 0 Å². The molecule has 0 aromatic rings. The molecule has 1 aliphatic heterocycles. The van der Waals surface area contributed by atoms with E-state index in [1.165, 1.54) is 4.90 Å². The lowest BCUT2D eigenvalue weighted by molar-refractivity contribution is -0.140. The third-order valence-electron chi connectivity index (χ3n) is 4.81. The number of aliphatic carboxylic acids is 4. The fourth-order valence-electron chi connectivity index (χ4n) is 3.34. The quantitative estimate of drug-likeness (QED) is 0.210. The molecule has 0 amide bonds. The van der Waals surface area contributed by atoms with Crippen molar-refractivity contribution in [2.75, 3.05) is 84.4 Å². The summed E-state index contributed by atoms with van der Waals surface area (Å²) in [6.07, 6.45) is -1.34. The maximum Gasteiger partial charge on any atom is 0.317 e. The van der Waals surface area contributed by atoms with Crippen LogP contribution in [0.4, 0.5) is 0 Å². The van der Waals surface area contributed by atoms with Crippen LogP contribution in [0.3, 0.4) is 0 Å². The molecular formula is C17H31N4O10P. The van der Waals surface area contributed by atoms with E-state index in [4.69, 9.17) is 20.4 Å². The Balaban J connectivity index is 3.02. The Morgan fingerprint density at radius 3 is 1.09 bits per heavy atom. The highest BCUT2D eigenvalue weighted by molar-refractivity contribution is 7.58. The van der Waals surface area contributed by atoms with Gasteiger partial charge in [-0.2, -0.15) is 0 Å². The summed E-state index contributed by atoms with van der Waals surface area (Å²) in [5, 5.41) is 36.3. The van der Waals surface area contributed by atoms with Crippen LogP contribution < -0.4 is 0 Å². The van der Waals surface area contributed by atoms with Crippen LogP contribution in [0.5, 0.6) is 0 Å². The Kier molecular flexibility index (Phi) is 11.8. The minimum atomic E-state index is -4.03. The van der Waals surface area contributed by atoms with Crippen molar-refractivity contribution < 1.29 is 49.1 Å². The van der Waals surface area contributed by atoms with Gasteiger partial charge >= 0.3 is 23.9 Å². The molecule has 5 N–H and O–H groups in total. The minimum Gasteiger partial charge on any atom is -0.481 e. The molecule has 0 spiro atoms. The summed E-state index contributed by atoms with van der Waals surface area (Å²) in [6.45, 7) is 0.661. The second kappa shape index (κ2) is 13.5. The molecule has 1 heterocycles. The van der Waals surface area contributed by atoms with Crippen molar-refractivity contribution in [3.8, 4) is 0 Å². The number of carbonyl (C=O) groups is 4. The van der Waals surface area contributed by atoms with E-state index in [1.807, 2.05) is 0 Å². The molecule has 1 rings (SSSR count). The average Bonchev–Trinajstić information content (AvgIpc) is 2.61. The molecule has 0 aromatic carbocycles. The molecule has 0 aliphatic carbocycles. The Labute approximate surface area is 185 Å². The van der Waals surface area contributed by atoms with Gasteiger partial charge in [-0.15, -0.1) is 0 Å². The summed E-state index contributed by atoms with van der Waals surface area (Å²) in [7, 11) is -4.03. The van der Waals surface area contributed by atoms with Crippen molar-refractivity contribution >= 4 is 31.2 Å². The van der Waals surface area contributed by atoms with Crippen molar-refractivity contribution in [3.63, 3.8) is 0 Å². The second-order valence-corrected chi connectivity index (χ2v) is 9.96. The lowest BCUT2D eigenvalue weighted by atomic mass is 10.3. The van der Waals surface area contributed by atoms with E-state index < -0.39 is 43.7 Å². The zero-order valence-electron chi connectivity index (χ0n) is 17.7. The van der Waals surface area contributed by atoms with Crippen molar-refractivity contribution in [2.45, 2.75) is 0 Å². The molecule has 1 aliphatic rings. The molecule has 0 radical (unpaired) electrons. The van der Waals surface area contributed by atoms with Gasteiger partial charge in [0, 0.05) is 52.4 Å². The Bertz CT molecular complexity index is 689. The molecule has 1 fully saturated rings. The molecule has 1 saturated heterocycles. The highest BCUT2D eigenvalue weighted by Crippen LogP contribution is 2.40. The van der Waals surface area contributed by atoms with Crippen molar-refractivity contribution in [2.24, 2.45) is 0 Å². The van der Waals surface area contributed by atoms with Gasteiger partial charge in [0.25, 0.3) is 0 Å². The smallest absolute Gasteiger partial charge is 0.317 e. The lowest BCUT2D eigenvalue weighted by Gasteiger charge is -2.33. The van der Waals surface area contributed by atoms with E-state index in [9.17, 15) is 28.6 Å². The van der Waals surface area contributed by atoms with Gasteiger partial charge in [0.2, 0.25) is 7.37 Å². The Morgan fingerprint density at radius 1 is 0.562 bits per heavy atom. The molecule has 32 heavy (non-hydrogen) atoms. The van der Waals surface area contributed by atoms with Crippen LogP contribution in [0.15, 0.2) is 0 Å². The van der Waals surface area contributed by atoms with Crippen LogP contribution in [0, 0.1) is 0 Å². The van der Waals surface area contributed by atoms with Crippen LogP contribution in [-0.4, -0.2) is 153 Å². The normalized spacial score (nSPS) is 20.5. The first-order valence-electron chi connectivity index (χ1n) is 9.93. The van der Waals surface area contributed by atoms with Gasteiger partial charge in [-0.3, -0.25) is 43.3 Å². The van der Waals surface area contributed by atoms with Gasteiger partial charge in [0.05, 0.1) is 25.9 Å². The van der Waals surface area contributed by atoms with E-state index in [1.54, 1.807) is 14.7 Å². The fourth-order valence-corrected chi connectivity index (χ4v) is 4.77. The number of hydrogen-bond donors (Lipinski definition) is 5. The van der Waals surface area contributed by atoms with E-state index in [0.717, 1.165) is 0 Å². The molecular weight excluding hydrogens is 451 g/mol. The number of hydrogen-bond acceptors (Lipinski definition) is 9. The Hall–Kier alpha value is -2.09. The maximum atomic E-state index is 12.3. The number of nitrogens with zero attached hydrogens (tertiary/aromatic N) is 4. The molecule has 1 unspecified atom stereocenters. The summed E-state index contributed by atoms with van der Waals surface area (Å²) in [5.74, 6) is -4.64. The van der Waals surface area contributed by atoms with Gasteiger partial charge in [-0.25, -0.2) is 0 Å². The minimum absolute atomic E-state index is 0.150. The SMILES string of the molecule is O=C(O)CN1CCN(CC(=O)O)CCN(CP(=O)(O)CC(=O)O)CCN(CC(=O)O)CC1. The van der Waals surface area contributed by atoms with Gasteiger partial charge in [-0.05, 0) is 0 Å². The molecule has 14 nitrogen and oxygen atoms in total. The van der Waals surface area contributed by atoms with Crippen LogP contribution in [0.2, 0.25) is 0 Å². The summed E-state index contributed by atoms with van der Waals surface area (Å²) >= 11 is 0. The topological polar surface area (TPSA) is 199 Å². The monoisotopic (exact) mass is 482 g/mol. The van der Waals surface area contributed by atoms with Gasteiger partial charge in [-0.1, -0.05) is 0 Å². The highest BCUT2D eigenvalue weighted by atomic mass is 31.2. The van der Waals surface area contributed by atoms with Crippen molar-refractivity contribution in [1.29, 1.82) is 0 Å². The predicted octanol–water partition coefficient (Wildman–Crippen LogP) is -2.23. The Morgan fingerprint density at radius 2 is 0.844 bits per heavy atom. The van der Waals surface area contributed by atoms with Crippen LogP contribution in [0.25, 0.3) is 0 Å². The number of rotatable bonds is 10. The summed E-state index contributed by atoms with van der Waals surface area (Å²) in [4.78, 5) is 60.7. The largest absolute Gasteiger partial charge is 0.481 e. The third kappa shape index (κ3) is 12.7. The molecule has 1 atom stereocenters. The van der Waals surface area contributed by atoms with E-state index >= 15 is 0 Å². The number of carboxylic acids is 4.